The standard InChI is InChI=1S/C12H22O4/c1-13-12(14-2,15-3)7-6-9-4-5-10-11(8-9)16-10/h9-11H,4-8H2,1-3H3. The molecule has 16 heavy (non-hydrogen) atoms. The van der Waals surface area contributed by atoms with Crippen molar-refractivity contribution in [2.24, 2.45) is 5.92 Å². The van der Waals surface area contributed by atoms with E-state index in [1.807, 2.05) is 0 Å². The van der Waals surface area contributed by atoms with Crippen molar-refractivity contribution in [3.05, 3.63) is 0 Å². The van der Waals surface area contributed by atoms with Crippen LogP contribution in [0, 0.1) is 5.92 Å². The van der Waals surface area contributed by atoms with Gasteiger partial charge < -0.3 is 18.9 Å². The fourth-order valence-electron chi connectivity index (χ4n) is 2.69. The fraction of sp³-hybridized carbons (Fsp3) is 1.00. The van der Waals surface area contributed by atoms with Gasteiger partial charge in [-0.15, -0.1) is 0 Å². The maximum atomic E-state index is 5.53. The second kappa shape index (κ2) is 5.00. The summed E-state index contributed by atoms with van der Waals surface area (Å²) in [6.07, 6.45) is 6.64. The summed E-state index contributed by atoms with van der Waals surface area (Å²) < 4.78 is 21.4. The van der Waals surface area contributed by atoms with Gasteiger partial charge in [-0.3, -0.25) is 0 Å². The fourth-order valence-corrected chi connectivity index (χ4v) is 2.69. The zero-order chi connectivity index (χ0) is 11.6. The monoisotopic (exact) mass is 230 g/mol. The summed E-state index contributed by atoms with van der Waals surface area (Å²) in [5.41, 5.74) is 0. The molecule has 2 rings (SSSR count). The van der Waals surface area contributed by atoms with Crippen LogP contribution >= 0.6 is 0 Å². The van der Waals surface area contributed by atoms with Gasteiger partial charge in [-0.2, -0.15) is 0 Å². The summed E-state index contributed by atoms with van der Waals surface area (Å²) in [6, 6.07) is 0. The average molecular weight is 230 g/mol. The van der Waals surface area contributed by atoms with Crippen molar-refractivity contribution in [3.8, 4) is 0 Å². The van der Waals surface area contributed by atoms with Gasteiger partial charge in [0.05, 0.1) is 12.2 Å². The lowest BCUT2D eigenvalue weighted by Crippen LogP contribution is -2.36. The van der Waals surface area contributed by atoms with E-state index in [4.69, 9.17) is 18.9 Å². The molecule has 3 unspecified atom stereocenters. The number of methoxy groups -OCH3 is 3. The van der Waals surface area contributed by atoms with E-state index in [2.05, 4.69) is 0 Å². The van der Waals surface area contributed by atoms with Gasteiger partial charge in [0.1, 0.15) is 0 Å². The largest absolute Gasteiger partial charge is 0.370 e. The Kier molecular flexibility index (Phi) is 3.85. The maximum Gasteiger partial charge on any atom is 0.282 e. The van der Waals surface area contributed by atoms with Gasteiger partial charge in [0.25, 0.3) is 5.97 Å². The second-order valence-corrected chi connectivity index (χ2v) is 4.73. The molecule has 0 aromatic carbocycles. The summed E-state index contributed by atoms with van der Waals surface area (Å²) in [6.45, 7) is 0. The molecule has 4 nitrogen and oxygen atoms in total. The first-order valence-electron chi connectivity index (χ1n) is 6.04. The molecule has 94 valence electrons. The number of ether oxygens (including phenoxy) is 4. The van der Waals surface area contributed by atoms with Gasteiger partial charge in [-0.25, -0.2) is 0 Å². The highest BCUT2D eigenvalue weighted by Crippen LogP contribution is 2.41. The number of hydrogen-bond acceptors (Lipinski definition) is 4. The summed E-state index contributed by atoms with van der Waals surface area (Å²) in [5, 5.41) is 0. The topological polar surface area (TPSA) is 40.2 Å². The predicted molar refractivity (Wildman–Crippen MR) is 59.0 cm³/mol. The van der Waals surface area contributed by atoms with Gasteiger partial charge in [0.15, 0.2) is 0 Å². The normalized spacial score (nSPS) is 33.6. The molecule has 0 spiro atoms. The minimum Gasteiger partial charge on any atom is -0.370 e. The molecular formula is C12H22O4. The van der Waals surface area contributed by atoms with E-state index in [-0.39, 0.29) is 0 Å². The highest BCUT2D eigenvalue weighted by Gasteiger charge is 2.44. The van der Waals surface area contributed by atoms with Crippen LogP contribution in [0.15, 0.2) is 0 Å². The van der Waals surface area contributed by atoms with Crippen molar-refractivity contribution in [3.63, 3.8) is 0 Å². The Bertz CT molecular complexity index is 219. The van der Waals surface area contributed by atoms with Crippen LogP contribution in [0.4, 0.5) is 0 Å². The van der Waals surface area contributed by atoms with E-state index < -0.39 is 5.97 Å². The van der Waals surface area contributed by atoms with Crippen molar-refractivity contribution < 1.29 is 18.9 Å². The van der Waals surface area contributed by atoms with E-state index >= 15 is 0 Å². The molecule has 0 bridgehead atoms. The molecule has 2 aliphatic rings. The van der Waals surface area contributed by atoms with E-state index in [1.54, 1.807) is 21.3 Å². The van der Waals surface area contributed by atoms with Crippen molar-refractivity contribution in [2.45, 2.75) is 50.3 Å². The summed E-state index contributed by atoms with van der Waals surface area (Å²) in [7, 11) is 4.86. The first-order chi connectivity index (χ1) is 7.73. The highest BCUT2D eigenvalue weighted by molar-refractivity contribution is 4.91. The first kappa shape index (κ1) is 12.3. The third-order valence-corrected chi connectivity index (χ3v) is 3.90. The van der Waals surface area contributed by atoms with E-state index in [1.165, 1.54) is 19.3 Å². The number of hydrogen-bond donors (Lipinski definition) is 0. The van der Waals surface area contributed by atoms with Crippen LogP contribution in [0.5, 0.6) is 0 Å². The van der Waals surface area contributed by atoms with Gasteiger partial charge in [-0.1, -0.05) is 0 Å². The number of epoxide rings is 1. The van der Waals surface area contributed by atoms with Gasteiger partial charge in [0, 0.05) is 27.8 Å². The lowest BCUT2D eigenvalue weighted by Gasteiger charge is -2.30. The summed E-state index contributed by atoms with van der Waals surface area (Å²) in [4.78, 5) is 0. The molecule has 1 saturated carbocycles. The molecule has 2 fully saturated rings. The third kappa shape index (κ3) is 2.56. The molecule has 1 saturated heterocycles. The van der Waals surface area contributed by atoms with Crippen LogP contribution in [0.2, 0.25) is 0 Å². The van der Waals surface area contributed by atoms with Crippen molar-refractivity contribution in [2.75, 3.05) is 21.3 Å². The Labute approximate surface area is 97.2 Å². The van der Waals surface area contributed by atoms with Crippen LogP contribution in [0.1, 0.15) is 32.1 Å². The zero-order valence-electron chi connectivity index (χ0n) is 10.4. The predicted octanol–water partition coefficient (Wildman–Crippen LogP) is 1.93. The molecule has 3 atom stereocenters. The number of rotatable bonds is 6. The minimum absolute atomic E-state index is 0.542. The first-order valence-corrected chi connectivity index (χ1v) is 6.04. The van der Waals surface area contributed by atoms with Crippen molar-refractivity contribution >= 4 is 0 Å². The molecule has 1 aliphatic heterocycles. The quantitative estimate of drug-likeness (QED) is 0.516. The molecule has 0 aromatic rings. The molecular weight excluding hydrogens is 208 g/mol. The second-order valence-electron chi connectivity index (χ2n) is 4.73. The van der Waals surface area contributed by atoms with Gasteiger partial charge >= 0.3 is 0 Å². The Morgan fingerprint density at radius 1 is 1.06 bits per heavy atom. The molecule has 0 radical (unpaired) electrons. The van der Waals surface area contributed by atoms with Crippen LogP contribution in [-0.4, -0.2) is 39.5 Å². The van der Waals surface area contributed by atoms with E-state index in [0.717, 1.165) is 18.8 Å². The SMILES string of the molecule is COC(CCC1CCC2OC2C1)(OC)OC. The Balaban J connectivity index is 1.76. The van der Waals surface area contributed by atoms with Crippen LogP contribution in [-0.2, 0) is 18.9 Å². The van der Waals surface area contributed by atoms with Crippen molar-refractivity contribution in [1.29, 1.82) is 0 Å². The molecule has 1 aliphatic carbocycles. The lowest BCUT2D eigenvalue weighted by molar-refractivity contribution is -0.356. The Hall–Kier alpha value is -0.160. The van der Waals surface area contributed by atoms with E-state index in [0.29, 0.717) is 12.2 Å². The van der Waals surface area contributed by atoms with Crippen LogP contribution in [0.3, 0.4) is 0 Å². The van der Waals surface area contributed by atoms with Gasteiger partial charge in [-0.05, 0) is 31.6 Å². The van der Waals surface area contributed by atoms with Crippen LogP contribution < -0.4 is 0 Å². The average Bonchev–Trinajstić information content (AvgIpc) is 3.10. The molecule has 0 aromatic heterocycles. The Morgan fingerprint density at radius 3 is 2.31 bits per heavy atom. The van der Waals surface area contributed by atoms with Crippen molar-refractivity contribution in [1.82, 2.24) is 0 Å². The lowest BCUT2D eigenvalue weighted by atomic mass is 9.86. The summed E-state index contributed by atoms with van der Waals surface area (Å²) in [5.74, 6) is -0.134. The third-order valence-electron chi connectivity index (χ3n) is 3.90. The Morgan fingerprint density at radius 2 is 1.75 bits per heavy atom. The molecule has 0 amide bonds. The highest BCUT2D eigenvalue weighted by atomic mass is 16.9. The molecule has 0 N–H and O–H groups in total. The van der Waals surface area contributed by atoms with Crippen LogP contribution in [0.25, 0.3) is 0 Å². The number of fused-ring (bicyclic) bond motifs is 1. The smallest absolute Gasteiger partial charge is 0.282 e. The zero-order valence-corrected chi connectivity index (χ0v) is 10.4. The maximum absolute atomic E-state index is 5.53. The summed E-state index contributed by atoms with van der Waals surface area (Å²) >= 11 is 0. The van der Waals surface area contributed by atoms with E-state index in [9.17, 15) is 0 Å². The molecule has 1 heterocycles. The minimum atomic E-state index is -0.860. The molecule has 4 heteroatoms. The van der Waals surface area contributed by atoms with Gasteiger partial charge in [0.2, 0.25) is 0 Å².